The second-order valence-corrected chi connectivity index (χ2v) is 6.53. The smallest absolute Gasteiger partial charge is 0.242 e. The Morgan fingerprint density at radius 1 is 0.931 bits per heavy atom. The van der Waals surface area contributed by atoms with Gasteiger partial charge in [0.25, 0.3) is 0 Å². The van der Waals surface area contributed by atoms with Gasteiger partial charge in [-0.2, -0.15) is 0 Å². The van der Waals surface area contributed by atoms with E-state index >= 15 is 0 Å². The Morgan fingerprint density at radius 2 is 1.55 bits per heavy atom. The average Bonchev–Trinajstić information content (AvgIpc) is 2.76. The summed E-state index contributed by atoms with van der Waals surface area (Å²) in [4.78, 5) is 26.9. The van der Waals surface area contributed by atoms with Gasteiger partial charge in [0.2, 0.25) is 11.8 Å². The van der Waals surface area contributed by atoms with E-state index < -0.39 is 6.04 Å². The van der Waals surface area contributed by atoms with Gasteiger partial charge in [0.05, 0.1) is 27.8 Å². The lowest BCUT2D eigenvalue weighted by atomic mass is 10.1. The Morgan fingerprint density at radius 3 is 2.10 bits per heavy atom. The van der Waals surface area contributed by atoms with Gasteiger partial charge < -0.3 is 24.4 Å². The number of benzene rings is 2. The highest BCUT2D eigenvalue weighted by Crippen LogP contribution is 2.28. The minimum Gasteiger partial charge on any atom is -0.497 e. The molecular weight excluding hydrogens is 372 g/mol. The third-order valence-corrected chi connectivity index (χ3v) is 4.73. The first-order valence-electron chi connectivity index (χ1n) is 9.28. The van der Waals surface area contributed by atoms with Crippen LogP contribution in [0.3, 0.4) is 0 Å². The summed E-state index contributed by atoms with van der Waals surface area (Å²) < 4.78 is 15.7. The van der Waals surface area contributed by atoms with E-state index in [4.69, 9.17) is 14.2 Å². The maximum absolute atomic E-state index is 13.1. The Balaban J connectivity index is 2.24. The molecule has 0 aromatic heterocycles. The van der Waals surface area contributed by atoms with E-state index in [9.17, 15) is 9.59 Å². The van der Waals surface area contributed by atoms with E-state index in [1.54, 1.807) is 52.3 Å². The number of ether oxygens (including phenoxy) is 3. The van der Waals surface area contributed by atoms with Crippen molar-refractivity contribution in [2.24, 2.45) is 0 Å². The zero-order chi connectivity index (χ0) is 21.4. The minimum atomic E-state index is -0.616. The van der Waals surface area contributed by atoms with Gasteiger partial charge in [0.1, 0.15) is 11.8 Å². The summed E-state index contributed by atoms with van der Waals surface area (Å²) in [5, 5.41) is 2.61. The van der Waals surface area contributed by atoms with E-state index in [-0.39, 0.29) is 18.2 Å². The summed E-state index contributed by atoms with van der Waals surface area (Å²) in [6, 6.07) is 12.2. The molecule has 0 aliphatic rings. The Labute approximate surface area is 171 Å². The normalized spacial score (nSPS) is 11.3. The summed E-state index contributed by atoms with van der Waals surface area (Å²) in [6.45, 7) is 2.03. The molecule has 2 aromatic carbocycles. The molecule has 156 valence electrons. The first-order chi connectivity index (χ1) is 13.9. The van der Waals surface area contributed by atoms with Crippen LogP contribution in [0.15, 0.2) is 42.5 Å². The average molecular weight is 400 g/mol. The van der Waals surface area contributed by atoms with Crippen LogP contribution < -0.4 is 19.5 Å². The molecule has 0 bridgehead atoms. The van der Waals surface area contributed by atoms with Crippen LogP contribution in [-0.2, 0) is 22.6 Å². The number of hydrogen-bond acceptors (Lipinski definition) is 5. The molecule has 7 nitrogen and oxygen atoms in total. The highest BCUT2D eigenvalue weighted by molar-refractivity contribution is 5.88. The van der Waals surface area contributed by atoms with Crippen LogP contribution >= 0.6 is 0 Å². The topological polar surface area (TPSA) is 77.1 Å². The molecule has 0 saturated heterocycles. The number of likely N-dealkylation sites (N-methyl/N-ethyl adjacent to an activating group) is 1. The fourth-order valence-corrected chi connectivity index (χ4v) is 2.99. The quantitative estimate of drug-likeness (QED) is 0.700. The number of carbonyl (C=O) groups excluding carboxylic acids is 2. The van der Waals surface area contributed by atoms with Gasteiger partial charge in [-0.15, -0.1) is 0 Å². The van der Waals surface area contributed by atoms with Crippen molar-refractivity contribution in [2.45, 2.75) is 25.9 Å². The third kappa shape index (κ3) is 5.63. The summed E-state index contributed by atoms with van der Waals surface area (Å²) in [7, 11) is 6.27. The van der Waals surface area contributed by atoms with Crippen molar-refractivity contribution in [2.75, 3.05) is 28.4 Å². The zero-order valence-corrected chi connectivity index (χ0v) is 17.5. The lowest BCUT2D eigenvalue weighted by Crippen LogP contribution is -2.47. The Hall–Kier alpha value is -3.22. The lowest BCUT2D eigenvalue weighted by molar-refractivity contribution is -0.139. The summed E-state index contributed by atoms with van der Waals surface area (Å²) in [5.74, 6) is 1.50. The van der Waals surface area contributed by atoms with Crippen LogP contribution in [0.1, 0.15) is 18.1 Å². The molecule has 0 heterocycles. The van der Waals surface area contributed by atoms with E-state index in [1.807, 2.05) is 30.3 Å². The standard InChI is InChI=1S/C22H28N2O5/c1-15(22(26)23-2)24(14-16-6-9-18(27-3)10-7-16)21(25)13-17-8-11-19(28-4)20(12-17)29-5/h6-12,15H,13-14H2,1-5H3,(H,23,26)/t15-/m1/s1. The highest BCUT2D eigenvalue weighted by Gasteiger charge is 2.25. The third-order valence-electron chi connectivity index (χ3n) is 4.73. The number of hydrogen-bond donors (Lipinski definition) is 1. The number of methoxy groups -OCH3 is 3. The summed E-state index contributed by atoms with van der Waals surface area (Å²) in [5.41, 5.74) is 1.68. The molecule has 1 N–H and O–H groups in total. The van der Waals surface area contributed by atoms with Crippen molar-refractivity contribution in [3.05, 3.63) is 53.6 Å². The van der Waals surface area contributed by atoms with Crippen LogP contribution in [0.2, 0.25) is 0 Å². The number of nitrogens with one attached hydrogen (secondary N) is 1. The largest absolute Gasteiger partial charge is 0.497 e. The molecule has 2 aromatic rings. The Bertz CT molecular complexity index is 836. The predicted octanol–water partition coefficient (Wildman–Crippen LogP) is 2.42. The molecule has 1 atom stereocenters. The molecular formula is C22H28N2O5. The van der Waals surface area contributed by atoms with E-state index in [0.29, 0.717) is 18.0 Å². The van der Waals surface area contributed by atoms with Crippen molar-refractivity contribution < 1.29 is 23.8 Å². The zero-order valence-electron chi connectivity index (χ0n) is 17.5. The van der Waals surface area contributed by atoms with Gasteiger partial charge >= 0.3 is 0 Å². The SMILES string of the molecule is CNC(=O)[C@@H](C)N(Cc1ccc(OC)cc1)C(=O)Cc1ccc(OC)c(OC)c1. The van der Waals surface area contributed by atoms with Gasteiger partial charge in [-0.25, -0.2) is 0 Å². The van der Waals surface area contributed by atoms with Crippen molar-refractivity contribution in [3.63, 3.8) is 0 Å². The van der Waals surface area contributed by atoms with Gasteiger partial charge in [0, 0.05) is 13.6 Å². The second-order valence-electron chi connectivity index (χ2n) is 6.53. The van der Waals surface area contributed by atoms with Gasteiger partial charge in [-0.3, -0.25) is 9.59 Å². The lowest BCUT2D eigenvalue weighted by Gasteiger charge is -2.28. The maximum atomic E-state index is 13.1. The number of rotatable bonds is 9. The second kappa shape index (κ2) is 10.4. The first-order valence-corrected chi connectivity index (χ1v) is 9.28. The van der Waals surface area contributed by atoms with Crippen LogP contribution in [0.4, 0.5) is 0 Å². The summed E-state index contributed by atoms with van der Waals surface area (Å²) in [6.07, 6.45) is 0.137. The molecule has 0 radical (unpaired) electrons. The van der Waals surface area contributed by atoms with E-state index in [2.05, 4.69) is 5.32 Å². The number of nitrogens with zero attached hydrogens (tertiary/aromatic N) is 1. The molecule has 29 heavy (non-hydrogen) atoms. The molecule has 0 spiro atoms. The van der Waals surface area contributed by atoms with Crippen molar-refractivity contribution in [1.82, 2.24) is 10.2 Å². The molecule has 0 aliphatic heterocycles. The highest BCUT2D eigenvalue weighted by atomic mass is 16.5. The maximum Gasteiger partial charge on any atom is 0.242 e. The number of carbonyl (C=O) groups is 2. The molecule has 2 amide bonds. The van der Waals surface area contributed by atoms with E-state index in [0.717, 1.165) is 16.9 Å². The molecule has 0 saturated carbocycles. The predicted molar refractivity (Wildman–Crippen MR) is 110 cm³/mol. The Kier molecular flexibility index (Phi) is 7.88. The molecule has 7 heteroatoms. The van der Waals surface area contributed by atoms with Gasteiger partial charge in [-0.05, 0) is 42.3 Å². The molecule has 0 aliphatic carbocycles. The first kappa shape index (κ1) is 22.1. The van der Waals surface area contributed by atoms with Crippen molar-refractivity contribution >= 4 is 11.8 Å². The van der Waals surface area contributed by atoms with Crippen LogP contribution in [0.5, 0.6) is 17.2 Å². The number of amides is 2. The van der Waals surface area contributed by atoms with Crippen LogP contribution in [0, 0.1) is 0 Å². The fraction of sp³-hybridized carbons (Fsp3) is 0.364. The van der Waals surface area contributed by atoms with Gasteiger partial charge in [0.15, 0.2) is 11.5 Å². The molecule has 2 rings (SSSR count). The molecule has 0 unspecified atom stereocenters. The fourth-order valence-electron chi connectivity index (χ4n) is 2.99. The monoisotopic (exact) mass is 400 g/mol. The minimum absolute atomic E-state index is 0.137. The van der Waals surface area contributed by atoms with E-state index in [1.165, 1.54) is 0 Å². The summed E-state index contributed by atoms with van der Waals surface area (Å²) >= 11 is 0. The molecule has 0 fully saturated rings. The van der Waals surface area contributed by atoms with Crippen molar-refractivity contribution in [3.8, 4) is 17.2 Å². The van der Waals surface area contributed by atoms with Crippen LogP contribution in [-0.4, -0.2) is 51.1 Å². The van der Waals surface area contributed by atoms with Crippen LogP contribution in [0.25, 0.3) is 0 Å². The van der Waals surface area contributed by atoms with Crippen molar-refractivity contribution in [1.29, 1.82) is 0 Å². The van der Waals surface area contributed by atoms with Gasteiger partial charge in [-0.1, -0.05) is 18.2 Å².